The normalized spacial score (nSPS) is 34.4. The number of hydrogen-bond acceptors (Lipinski definition) is 8. The Bertz CT molecular complexity index is 847. The Labute approximate surface area is 266 Å². The van der Waals surface area contributed by atoms with Crippen LogP contribution in [0.4, 0.5) is 0 Å². The lowest BCUT2D eigenvalue weighted by Gasteiger charge is -2.23. The third-order valence-electron chi connectivity index (χ3n) is 8.66. The van der Waals surface area contributed by atoms with Gasteiger partial charge in [0.2, 0.25) is 0 Å². The van der Waals surface area contributed by atoms with Crippen LogP contribution in [-0.4, -0.2) is 83.1 Å². The van der Waals surface area contributed by atoms with Gasteiger partial charge in [-0.1, -0.05) is 78.0 Å². The van der Waals surface area contributed by atoms with Gasteiger partial charge in [0.05, 0.1) is 36.9 Å². The molecule has 1 heterocycles. The Morgan fingerprint density at radius 1 is 0.909 bits per heavy atom. The molecule has 0 aliphatic carbocycles. The summed E-state index contributed by atoms with van der Waals surface area (Å²) in [6, 6.07) is 0. The Morgan fingerprint density at radius 3 is 2.30 bits per heavy atom. The molecular formula is C35H63NO8. The number of aliphatic hydroxyl groups excluding tert-OH is 4. The summed E-state index contributed by atoms with van der Waals surface area (Å²) < 4.78 is 10.9. The maximum Gasteiger partial charge on any atom is 0.309 e. The molecule has 0 saturated heterocycles. The second kappa shape index (κ2) is 23.5. The van der Waals surface area contributed by atoms with Gasteiger partial charge in [0.15, 0.2) is 6.10 Å². The molecule has 9 nitrogen and oxygen atoms in total. The molecule has 0 radical (unpaired) electrons. The van der Waals surface area contributed by atoms with Crippen molar-refractivity contribution < 1.29 is 39.5 Å². The molecule has 9 heteroatoms. The number of amides is 1. The molecule has 0 spiro atoms. The van der Waals surface area contributed by atoms with Crippen LogP contribution in [0.2, 0.25) is 0 Å². The molecular weight excluding hydrogens is 562 g/mol. The number of methoxy groups -OCH3 is 1. The minimum Gasteiger partial charge on any atom is -0.452 e. The predicted molar refractivity (Wildman–Crippen MR) is 174 cm³/mol. The van der Waals surface area contributed by atoms with Gasteiger partial charge >= 0.3 is 5.97 Å². The zero-order chi connectivity index (χ0) is 32.9. The minimum atomic E-state index is -1.17. The molecule has 256 valence electrons. The maximum absolute atomic E-state index is 12.8. The van der Waals surface area contributed by atoms with Gasteiger partial charge in [-0.2, -0.15) is 0 Å². The monoisotopic (exact) mass is 625 g/mol. The first-order chi connectivity index (χ1) is 21.0. The van der Waals surface area contributed by atoms with Crippen molar-refractivity contribution in [1.82, 2.24) is 5.32 Å². The zero-order valence-electron chi connectivity index (χ0n) is 28.1. The highest BCUT2D eigenvalue weighted by atomic mass is 16.5. The summed E-state index contributed by atoms with van der Waals surface area (Å²) in [5, 5.41) is 44.7. The second-order valence-electron chi connectivity index (χ2n) is 12.9. The summed E-state index contributed by atoms with van der Waals surface area (Å²) in [4.78, 5) is 25.7. The fraction of sp³-hybridized carbons (Fsp3) is 0.829. The van der Waals surface area contributed by atoms with Gasteiger partial charge in [-0.3, -0.25) is 9.59 Å². The topological polar surface area (TPSA) is 146 Å². The first-order valence-corrected chi connectivity index (χ1v) is 17.1. The van der Waals surface area contributed by atoms with Crippen LogP contribution in [0.5, 0.6) is 0 Å². The van der Waals surface area contributed by atoms with Crippen LogP contribution >= 0.6 is 0 Å². The van der Waals surface area contributed by atoms with E-state index in [1.54, 1.807) is 7.11 Å². The van der Waals surface area contributed by atoms with Crippen molar-refractivity contribution in [1.29, 1.82) is 0 Å². The lowest BCUT2D eigenvalue weighted by molar-refractivity contribution is -0.160. The van der Waals surface area contributed by atoms with Crippen LogP contribution in [0.1, 0.15) is 118 Å². The summed E-state index contributed by atoms with van der Waals surface area (Å²) >= 11 is 0. The number of cyclic esters (lactones) is 1. The highest BCUT2D eigenvalue weighted by molar-refractivity contribution is 5.84. The summed E-state index contributed by atoms with van der Waals surface area (Å²) in [5.41, 5.74) is 0.987. The van der Waals surface area contributed by atoms with Crippen LogP contribution in [0.15, 0.2) is 23.8 Å². The van der Waals surface area contributed by atoms with Crippen molar-refractivity contribution in [2.75, 3.05) is 20.3 Å². The molecule has 2 unspecified atom stereocenters. The van der Waals surface area contributed by atoms with E-state index < -0.39 is 36.3 Å². The molecule has 0 bridgehead atoms. The Morgan fingerprint density at radius 2 is 1.61 bits per heavy atom. The highest BCUT2D eigenvalue weighted by Crippen LogP contribution is 2.22. The molecule has 0 aromatic heterocycles. The minimum absolute atomic E-state index is 0.106. The molecule has 44 heavy (non-hydrogen) atoms. The molecule has 0 fully saturated rings. The van der Waals surface area contributed by atoms with E-state index in [2.05, 4.69) is 25.2 Å². The number of esters is 1. The molecule has 5 N–H and O–H groups in total. The van der Waals surface area contributed by atoms with E-state index in [9.17, 15) is 30.0 Å². The van der Waals surface area contributed by atoms with E-state index in [0.717, 1.165) is 56.9 Å². The van der Waals surface area contributed by atoms with E-state index in [-0.39, 0.29) is 25.0 Å². The van der Waals surface area contributed by atoms with E-state index in [4.69, 9.17) is 9.47 Å². The number of β-amino-alcohol motifs (C(OH)–C–C–N with tert-alkyl or cyclic N) is 1. The molecule has 1 aliphatic rings. The van der Waals surface area contributed by atoms with Gasteiger partial charge in [-0.25, -0.2) is 0 Å². The number of hydrogen-bond donors (Lipinski definition) is 5. The van der Waals surface area contributed by atoms with Crippen molar-refractivity contribution >= 4 is 11.9 Å². The largest absolute Gasteiger partial charge is 0.452 e. The predicted octanol–water partition coefficient (Wildman–Crippen LogP) is 4.99. The van der Waals surface area contributed by atoms with E-state index in [1.807, 2.05) is 26.0 Å². The van der Waals surface area contributed by atoms with Crippen LogP contribution < -0.4 is 5.32 Å². The first kappa shape index (κ1) is 40.2. The van der Waals surface area contributed by atoms with Gasteiger partial charge in [-0.15, -0.1) is 0 Å². The molecule has 0 aromatic carbocycles. The molecule has 0 aromatic rings. The van der Waals surface area contributed by atoms with Gasteiger partial charge in [-0.05, 0) is 68.8 Å². The Hall–Kier alpha value is -1.78. The summed E-state index contributed by atoms with van der Waals surface area (Å²) in [5.74, 6) is -0.511. The molecule has 8 atom stereocenters. The molecule has 1 rings (SSSR count). The van der Waals surface area contributed by atoms with Gasteiger partial charge < -0.3 is 35.2 Å². The molecule has 1 aliphatic heterocycles. The smallest absolute Gasteiger partial charge is 0.309 e. The van der Waals surface area contributed by atoms with Crippen LogP contribution in [0, 0.1) is 17.8 Å². The lowest BCUT2D eigenvalue weighted by atomic mass is 9.92. The number of carbonyl (C=O) groups excluding carboxylic acids is 2. The maximum atomic E-state index is 12.8. The average Bonchev–Trinajstić information content (AvgIpc) is 2.98. The van der Waals surface area contributed by atoms with Crippen molar-refractivity contribution in [3.05, 3.63) is 23.8 Å². The number of ether oxygens (including phenoxy) is 2. The third-order valence-corrected chi connectivity index (χ3v) is 8.66. The fourth-order valence-corrected chi connectivity index (χ4v) is 5.76. The highest BCUT2D eigenvalue weighted by Gasteiger charge is 2.27. The summed E-state index contributed by atoms with van der Waals surface area (Å²) in [6.45, 7) is 8.29. The second-order valence-corrected chi connectivity index (χ2v) is 12.9. The Kier molecular flexibility index (Phi) is 21.5. The SMILES string of the molecule is CCC[C@@H]1OC(=O)[C@@H](C)C[C@@H](C)CCCCC(O)CCCC(CC)/C=C/C=C(\COC)CC[C@@H](O)[C@@H](O)C[C@H](O)CNC1=O. The van der Waals surface area contributed by atoms with Crippen molar-refractivity contribution in [2.45, 2.75) is 148 Å². The average molecular weight is 626 g/mol. The van der Waals surface area contributed by atoms with Gasteiger partial charge in [0.1, 0.15) is 0 Å². The first-order valence-electron chi connectivity index (χ1n) is 17.1. The van der Waals surface area contributed by atoms with Crippen molar-refractivity contribution in [3.8, 4) is 0 Å². The lowest BCUT2D eigenvalue weighted by Crippen LogP contribution is -2.43. The number of rotatable bonds is 5. The van der Waals surface area contributed by atoms with Crippen LogP contribution in [-0.2, 0) is 19.1 Å². The van der Waals surface area contributed by atoms with Crippen molar-refractivity contribution in [2.24, 2.45) is 17.8 Å². The van der Waals surface area contributed by atoms with Gasteiger partial charge in [0.25, 0.3) is 5.91 Å². The standard InChI is InChI=1S/C35H63NO8/c1-6-12-33-34(41)36-23-30(38)22-32(40)31(39)20-19-28(24-43-5)16-10-14-27(7-2)15-11-18-29(37)17-9-8-13-25(3)21-26(4)35(42)44-33/h10,14,16,25-27,29-33,37-40H,6-9,11-13,15,17-24H2,1-5H3,(H,36,41)/b14-10+,28-16-/t25-,26-,27?,29?,30-,31+,32-,33-/m0/s1. The Balaban J connectivity index is 2.95. The summed E-state index contributed by atoms with van der Waals surface area (Å²) in [7, 11) is 1.62. The molecule has 0 saturated carbocycles. The number of aliphatic hydroxyl groups is 4. The zero-order valence-corrected chi connectivity index (χ0v) is 28.1. The van der Waals surface area contributed by atoms with E-state index in [0.29, 0.717) is 50.5 Å². The number of allylic oxidation sites excluding steroid dienone is 3. The third kappa shape index (κ3) is 17.6. The van der Waals surface area contributed by atoms with Crippen LogP contribution in [0.3, 0.4) is 0 Å². The quantitative estimate of drug-likeness (QED) is 0.269. The summed E-state index contributed by atoms with van der Waals surface area (Å²) in [6.07, 6.45) is 11.5. The van der Waals surface area contributed by atoms with E-state index in [1.165, 1.54) is 0 Å². The van der Waals surface area contributed by atoms with E-state index >= 15 is 0 Å². The number of carbonyl (C=O) groups is 2. The van der Waals surface area contributed by atoms with Gasteiger partial charge in [0, 0.05) is 20.1 Å². The number of nitrogens with one attached hydrogen (secondary N) is 1. The molecule has 1 amide bonds. The fourth-order valence-electron chi connectivity index (χ4n) is 5.76. The van der Waals surface area contributed by atoms with Crippen molar-refractivity contribution in [3.63, 3.8) is 0 Å². The van der Waals surface area contributed by atoms with Crippen LogP contribution in [0.25, 0.3) is 0 Å².